The number of hydrogen-bond acceptors (Lipinski definition) is 5. The van der Waals surface area contributed by atoms with Crippen molar-refractivity contribution < 1.29 is 10.2 Å². The molecule has 0 aliphatic carbocycles. The molecule has 2 aromatic carbocycles. The van der Waals surface area contributed by atoms with Crippen LogP contribution >= 0.6 is 24.8 Å². The van der Waals surface area contributed by atoms with Crippen molar-refractivity contribution in [3.8, 4) is 5.75 Å². The number of fused-ring (bicyclic) bond motifs is 1. The maximum atomic E-state index is 5.20. The summed E-state index contributed by atoms with van der Waals surface area (Å²) in [6.45, 7) is 1.92. The predicted octanol–water partition coefficient (Wildman–Crippen LogP) is 4.19. The van der Waals surface area contributed by atoms with Gasteiger partial charge in [0.25, 0.3) is 0 Å². The van der Waals surface area contributed by atoms with E-state index in [9.17, 15) is 0 Å². The molecule has 8 heteroatoms. The second-order valence-corrected chi connectivity index (χ2v) is 6.64. The van der Waals surface area contributed by atoms with Gasteiger partial charge in [0.1, 0.15) is 11.6 Å². The second kappa shape index (κ2) is 13.8. The van der Waals surface area contributed by atoms with Crippen LogP contribution in [0.2, 0.25) is 0 Å². The Kier molecular flexibility index (Phi) is 12.7. The first kappa shape index (κ1) is 27.6. The molecule has 0 amide bonds. The Morgan fingerprint density at radius 3 is 2.33 bits per heavy atom. The molecule has 1 aromatic heterocycles. The normalized spacial score (nSPS) is 10.3. The minimum Gasteiger partial charge on any atom is -0.497 e. The molecule has 3 rings (SSSR count). The van der Waals surface area contributed by atoms with Crippen molar-refractivity contribution in [2.45, 2.75) is 6.42 Å². The van der Waals surface area contributed by atoms with Crippen molar-refractivity contribution >= 4 is 53.7 Å². The zero-order valence-corrected chi connectivity index (χ0v) is 19.1. The Morgan fingerprint density at radius 1 is 0.967 bits per heavy atom. The van der Waals surface area contributed by atoms with Gasteiger partial charge in [0, 0.05) is 11.9 Å². The standard InChI is InChI=1S/C22H26N4O.2ClH.H2O/c1-26(2)16-6-15-23-22-19-7-4-5-8-20(19)24-21(25-22)14-11-17-9-12-18(27-3)13-10-17;;;/h4-5,7-14H,6,15-16H2,1-3H3,(H,23,24,25);2*1H;1H2/b14-11+;;;. The zero-order chi connectivity index (χ0) is 19.1. The van der Waals surface area contributed by atoms with Gasteiger partial charge in [0.05, 0.1) is 12.6 Å². The van der Waals surface area contributed by atoms with Gasteiger partial charge in [-0.15, -0.1) is 24.8 Å². The Bertz CT molecular complexity index is 919. The minimum atomic E-state index is 0. The van der Waals surface area contributed by atoms with Crippen LogP contribution in [0.4, 0.5) is 5.82 Å². The van der Waals surface area contributed by atoms with Gasteiger partial charge in [0.2, 0.25) is 0 Å². The lowest BCUT2D eigenvalue weighted by molar-refractivity contribution is 0.405. The topological polar surface area (TPSA) is 81.8 Å². The highest BCUT2D eigenvalue weighted by molar-refractivity contribution is 5.90. The number of aromatic nitrogens is 2. The molecular formula is C22H30Cl2N4O2. The van der Waals surface area contributed by atoms with Gasteiger partial charge in [-0.1, -0.05) is 30.3 Å². The van der Waals surface area contributed by atoms with Crippen molar-refractivity contribution in [2.75, 3.05) is 39.6 Å². The third-order valence-electron chi connectivity index (χ3n) is 4.24. The molecule has 0 atom stereocenters. The Hall–Kier alpha value is -2.38. The first-order valence-corrected chi connectivity index (χ1v) is 9.13. The zero-order valence-electron chi connectivity index (χ0n) is 17.5. The summed E-state index contributed by atoms with van der Waals surface area (Å²) in [4.78, 5) is 11.6. The van der Waals surface area contributed by atoms with Crippen LogP contribution in [0.5, 0.6) is 5.75 Å². The van der Waals surface area contributed by atoms with E-state index in [2.05, 4.69) is 35.4 Å². The van der Waals surface area contributed by atoms with Gasteiger partial charge in [-0.05, 0) is 63.0 Å². The smallest absolute Gasteiger partial charge is 0.154 e. The largest absolute Gasteiger partial charge is 0.497 e. The van der Waals surface area contributed by atoms with E-state index in [1.807, 2.05) is 54.6 Å². The summed E-state index contributed by atoms with van der Waals surface area (Å²) < 4.78 is 5.20. The van der Waals surface area contributed by atoms with Crippen LogP contribution in [0.1, 0.15) is 17.8 Å². The van der Waals surface area contributed by atoms with E-state index in [-0.39, 0.29) is 30.3 Å². The molecule has 0 aliphatic rings. The molecule has 0 bridgehead atoms. The average Bonchev–Trinajstić information content (AvgIpc) is 2.69. The lowest BCUT2D eigenvalue weighted by Crippen LogP contribution is -2.16. The van der Waals surface area contributed by atoms with E-state index in [1.165, 1.54) is 0 Å². The van der Waals surface area contributed by atoms with Gasteiger partial charge < -0.3 is 20.4 Å². The molecule has 6 nitrogen and oxygen atoms in total. The Labute approximate surface area is 190 Å². The van der Waals surface area contributed by atoms with Crippen molar-refractivity contribution in [3.63, 3.8) is 0 Å². The maximum absolute atomic E-state index is 5.20. The van der Waals surface area contributed by atoms with E-state index in [4.69, 9.17) is 9.72 Å². The van der Waals surface area contributed by atoms with Crippen LogP contribution in [0, 0.1) is 0 Å². The number of methoxy groups -OCH3 is 1. The van der Waals surface area contributed by atoms with Crippen molar-refractivity contribution in [1.29, 1.82) is 0 Å². The molecule has 0 radical (unpaired) electrons. The molecule has 3 N–H and O–H groups in total. The fraction of sp³-hybridized carbons (Fsp3) is 0.273. The van der Waals surface area contributed by atoms with Gasteiger partial charge >= 0.3 is 0 Å². The first-order valence-electron chi connectivity index (χ1n) is 9.13. The van der Waals surface area contributed by atoms with Crippen molar-refractivity contribution in [1.82, 2.24) is 14.9 Å². The summed E-state index contributed by atoms with van der Waals surface area (Å²) in [5.74, 6) is 2.42. The number of nitrogens with one attached hydrogen (secondary N) is 1. The predicted molar refractivity (Wildman–Crippen MR) is 131 cm³/mol. The monoisotopic (exact) mass is 452 g/mol. The molecule has 0 aliphatic heterocycles. The van der Waals surface area contributed by atoms with Crippen molar-refractivity contribution in [2.24, 2.45) is 0 Å². The van der Waals surface area contributed by atoms with Gasteiger partial charge in [-0.3, -0.25) is 0 Å². The van der Waals surface area contributed by atoms with Crippen LogP contribution < -0.4 is 10.1 Å². The molecule has 1 heterocycles. The highest BCUT2D eigenvalue weighted by atomic mass is 35.5. The van der Waals surface area contributed by atoms with E-state index in [1.54, 1.807) is 7.11 Å². The number of benzene rings is 2. The number of nitrogens with zero attached hydrogens (tertiary/aromatic N) is 3. The average molecular weight is 453 g/mol. The number of hydrogen-bond donors (Lipinski definition) is 1. The summed E-state index contributed by atoms with van der Waals surface area (Å²) in [5, 5.41) is 4.51. The highest BCUT2D eigenvalue weighted by Gasteiger charge is 2.05. The van der Waals surface area contributed by atoms with Crippen LogP contribution in [-0.4, -0.2) is 54.6 Å². The van der Waals surface area contributed by atoms with Crippen molar-refractivity contribution in [3.05, 3.63) is 59.9 Å². The van der Waals surface area contributed by atoms with Gasteiger partial charge in [0.15, 0.2) is 5.82 Å². The van der Waals surface area contributed by atoms with E-state index >= 15 is 0 Å². The lowest BCUT2D eigenvalue weighted by Gasteiger charge is -2.12. The van der Waals surface area contributed by atoms with Gasteiger partial charge in [-0.25, -0.2) is 9.97 Å². The molecule has 0 spiro atoms. The van der Waals surface area contributed by atoms with Gasteiger partial charge in [-0.2, -0.15) is 0 Å². The van der Waals surface area contributed by atoms with E-state index in [0.29, 0.717) is 5.82 Å². The van der Waals surface area contributed by atoms with Crippen LogP contribution in [0.15, 0.2) is 48.5 Å². The van der Waals surface area contributed by atoms with Crippen LogP contribution in [0.25, 0.3) is 23.1 Å². The number of ether oxygens (including phenoxy) is 1. The summed E-state index contributed by atoms with van der Waals surface area (Å²) in [5.41, 5.74) is 2.02. The maximum Gasteiger partial charge on any atom is 0.154 e. The second-order valence-electron chi connectivity index (χ2n) is 6.64. The molecular weight excluding hydrogens is 423 g/mol. The molecule has 0 fully saturated rings. The minimum absolute atomic E-state index is 0. The summed E-state index contributed by atoms with van der Waals surface area (Å²) >= 11 is 0. The summed E-state index contributed by atoms with van der Waals surface area (Å²) in [6, 6.07) is 16.0. The highest BCUT2D eigenvalue weighted by Crippen LogP contribution is 2.21. The molecule has 164 valence electrons. The number of para-hydroxylation sites is 1. The fourth-order valence-electron chi connectivity index (χ4n) is 2.79. The Balaban J connectivity index is 0.00000280. The SMILES string of the molecule is COc1ccc(/C=C/c2nc(NCCCN(C)C)c3ccccc3n2)cc1.Cl.Cl.O. The molecule has 3 aromatic rings. The number of halogens is 2. The van der Waals surface area contributed by atoms with E-state index in [0.717, 1.165) is 47.5 Å². The quantitative estimate of drug-likeness (QED) is 0.518. The molecule has 0 saturated heterocycles. The first-order chi connectivity index (χ1) is 13.2. The summed E-state index contributed by atoms with van der Waals surface area (Å²) in [6.07, 6.45) is 5.01. The Morgan fingerprint density at radius 2 is 1.67 bits per heavy atom. The summed E-state index contributed by atoms with van der Waals surface area (Å²) in [7, 11) is 5.84. The van der Waals surface area contributed by atoms with Crippen LogP contribution in [-0.2, 0) is 0 Å². The lowest BCUT2D eigenvalue weighted by atomic mass is 10.2. The molecule has 0 saturated carbocycles. The number of rotatable bonds is 8. The fourth-order valence-corrected chi connectivity index (χ4v) is 2.79. The molecule has 0 unspecified atom stereocenters. The molecule has 30 heavy (non-hydrogen) atoms. The number of anilines is 1. The third-order valence-corrected chi connectivity index (χ3v) is 4.24. The van der Waals surface area contributed by atoms with Crippen LogP contribution in [0.3, 0.4) is 0 Å². The third kappa shape index (κ3) is 7.80. The van der Waals surface area contributed by atoms with E-state index < -0.39 is 0 Å².